The molecule has 1 amide bonds. The van der Waals surface area contributed by atoms with Crippen LogP contribution in [0.25, 0.3) is 0 Å². The minimum absolute atomic E-state index is 0.369. The molecule has 7 heteroatoms. The molecule has 2 aromatic rings. The Morgan fingerprint density at radius 2 is 1.96 bits per heavy atom. The molecule has 0 aliphatic rings. The first-order chi connectivity index (χ1) is 13.1. The second kappa shape index (κ2) is 10.2. The first-order valence-electron chi connectivity index (χ1n) is 8.26. The Labute approximate surface area is 163 Å². The maximum Gasteiger partial charge on any atom is 0.271 e. The summed E-state index contributed by atoms with van der Waals surface area (Å²) in [6.45, 7) is 6.28. The highest BCUT2D eigenvalue weighted by molar-refractivity contribution is 6.32. The molecule has 27 heavy (non-hydrogen) atoms. The van der Waals surface area contributed by atoms with E-state index in [9.17, 15) is 4.79 Å². The third-order valence-corrected chi connectivity index (χ3v) is 3.71. The molecule has 0 aliphatic heterocycles. The summed E-state index contributed by atoms with van der Waals surface area (Å²) in [6, 6.07) is 10.1. The van der Waals surface area contributed by atoms with E-state index in [4.69, 9.17) is 25.8 Å². The van der Waals surface area contributed by atoms with Gasteiger partial charge in [0.15, 0.2) is 11.5 Å². The highest BCUT2D eigenvalue weighted by atomic mass is 35.5. The van der Waals surface area contributed by atoms with Crippen molar-refractivity contribution < 1.29 is 19.0 Å². The monoisotopic (exact) mass is 388 g/mol. The molecule has 0 unspecified atom stereocenters. The fourth-order valence-corrected chi connectivity index (χ4v) is 2.42. The van der Waals surface area contributed by atoms with Crippen LogP contribution in [0.2, 0.25) is 5.02 Å². The number of ether oxygens (including phenoxy) is 3. The highest BCUT2D eigenvalue weighted by Crippen LogP contribution is 2.28. The molecule has 0 spiro atoms. The number of carbonyl (C=O) groups excluding carboxylic acids is 1. The zero-order valence-corrected chi connectivity index (χ0v) is 16.0. The van der Waals surface area contributed by atoms with Crippen LogP contribution in [0.5, 0.6) is 17.2 Å². The number of amides is 1. The molecular formula is C20H21ClN2O4. The summed E-state index contributed by atoms with van der Waals surface area (Å²) in [5, 5.41) is 4.40. The fraction of sp³-hybridized carbons (Fsp3) is 0.200. The smallest absolute Gasteiger partial charge is 0.271 e. The van der Waals surface area contributed by atoms with Crippen LogP contribution in [0.1, 0.15) is 22.8 Å². The van der Waals surface area contributed by atoms with Gasteiger partial charge in [0.1, 0.15) is 12.4 Å². The molecule has 0 saturated heterocycles. The van der Waals surface area contributed by atoms with E-state index in [-0.39, 0.29) is 5.91 Å². The summed E-state index contributed by atoms with van der Waals surface area (Å²) in [7, 11) is 1.54. The molecule has 2 rings (SSSR count). The standard InChI is InChI=1S/C20H21ClN2O4/c1-4-10-27-17-8-6-14(11-16(17)21)13-22-23-20(24)15-7-9-18(25-3)19(12-15)26-5-2/h4,6-9,11-13H,1,5,10H2,2-3H3,(H,23,24)/b22-13+. The third kappa shape index (κ3) is 5.76. The van der Waals surface area contributed by atoms with E-state index in [2.05, 4.69) is 17.1 Å². The molecule has 0 radical (unpaired) electrons. The first kappa shape index (κ1) is 20.3. The molecule has 1 N–H and O–H groups in total. The van der Waals surface area contributed by atoms with Gasteiger partial charge in [0.05, 0.1) is 25.0 Å². The topological polar surface area (TPSA) is 69.2 Å². The third-order valence-electron chi connectivity index (χ3n) is 3.42. The predicted molar refractivity (Wildman–Crippen MR) is 106 cm³/mol. The number of carbonyl (C=O) groups is 1. The van der Waals surface area contributed by atoms with Crippen molar-refractivity contribution >= 4 is 23.7 Å². The van der Waals surface area contributed by atoms with E-state index in [1.54, 1.807) is 49.6 Å². The Hall–Kier alpha value is -2.99. The summed E-state index contributed by atoms with van der Waals surface area (Å²) in [4.78, 5) is 12.3. The van der Waals surface area contributed by atoms with E-state index in [0.717, 1.165) is 5.56 Å². The summed E-state index contributed by atoms with van der Waals surface area (Å²) in [5.74, 6) is 1.25. The SMILES string of the molecule is C=CCOc1ccc(/C=N/NC(=O)c2ccc(OC)c(OCC)c2)cc1Cl. The largest absolute Gasteiger partial charge is 0.493 e. The number of rotatable bonds is 9. The molecule has 0 bridgehead atoms. The van der Waals surface area contributed by atoms with Gasteiger partial charge >= 0.3 is 0 Å². The van der Waals surface area contributed by atoms with E-state index < -0.39 is 0 Å². The van der Waals surface area contributed by atoms with Crippen molar-refractivity contribution in [3.63, 3.8) is 0 Å². The zero-order valence-electron chi connectivity index (χ0n) is 15.2. The molecular weight excluding hydrogens is 368 g/mol. The average Bonchev–Trinajstić information content (AvgIpc) is 2.67. The van der Waals surface area contributed by atoms with Crippen molar-refractivity contribution in [1.29, 1.82) is 0 Å². The lowest BCUT2D eigenvalue weighted by Gasteiger charge is -2.10. The first-order valence-corrected chi connectivity index (χ1v) is 8.64. The van der Waals surface area contributed by atoms with Gasteiger partial charge in [0.25, 0.3) is 5.91 Å². The van der Waals surface area contributed by atoms with Crippen molar-refractivity contribution in [2.75, 3.05) is 20.3 Å². The van der Waals surface area contributed by atoms with E-state index in [1.165, 1.54) is 6.21 Å². The van der Waals surface area contributed by atoms with E-state index in [1.807, 2.05) is 6.92 Å². The van der Waals surface area contributed by atoms with Crippen LogP contribution in [0.3, 0.4) is 0 Å². The Bertz CT molecular complexity index is 837. The van der Waals surface area contributed by atoms with Crippen LogP contribution in [-0.2, 0) is 0 Å². The Kier molecular flexibility index (Phi) is 7.70. The van der Waals surface area contributed by atoms with Gasteiger partial charge in [0, 0.05) is 5.56 Å². The molecule has 0 atom stereocenters. The summed E-state index contributed by atoms with van der Waals surface area (Å²) in [6.07, 6.45) is 3.13. The lowest BCUT2D eigenvalue weighted by atomic mass is 10.2. The fourth-order valence-electron chi connectivity index (χ4n) is 2.18. The second-order valence-electron chi connectivity index (χ2n) is 5.29. The number of methoxy groups -OCH3 is 1. The van der Waals surface area contributed by atoms with Crippen molar-refractivity contribution in [1.82, 2.24) is 5.43 Å². The van der Waals surface area contributed by atoms with Crippen molar-refractivity contribution in [2.45, 2.75) is 6.92 Å². The molecule has 142 valence electrons. The Morgan fingerprint density at radius 1 is 1.19 bits per heavy atom. The van der Waals surface area contributed by atoms with Gasteiger partial charge in [-0.2, -0.15) is 5.10 Å². The van der Waals surface area contributed by atoms with Crippen molar-refractivity contribution in [3.8, 4) is 17.2 Å². The van der Waals surface area contributed by atoms with E-state index in [0.29, 0.717) is 41.0 Å². The van der Waals surface area contributed by atoms with Crippen molar-refractivity contribution in [2.24, 2.45) is 5.10 Å². The Balaban J connectivity index is 2.03. The molecule has 2 aromatic carbocycles. The lowest BCUT2D eigenvalue weighted by Crippen LogP contribution is -2.17. The predicted octanol–water partition coefficient (Wildman–Crippen LogP) is 4.08. The van der Waals surface area contributed by atoms with Gasteiger partial charge in [-0.3, -0.25) is 4.79 Å². The molecule has 0 fully saturated rings. The maximum absolute atomic E-state index is 12.3. The second-order valence-corrected chi connectivity index (χ2v) is 5.69. The van der Waals surface area contributed by atoms with Crippen LogP contribution < -0.4 is 19.6 Å². The molecule has 0 aliphatic carbocycles. The van der Waals surface area contributed by atoms with Gasteiger partial charge in [-0.15, -0.1) is 0 Å². The van der Waals surface area contributed by atoms with Crippen molar-refractivity contribution in [3.05, 3.63) is 65.2 Å². The van der Waals surface area contributed by atoms with Gasteiger partial charge < -0.3 is 14.2 Å². The zero-order chi connectivity index (χ0) is 19.6. The average molecular weight is 389 g/mol. The van der Waals surface area contributed by atoms with E-state index >= 15 is 0 Å². The van der Waals surface area contributed by atoms with Gasteiger partial charge in [-0.1, -0.05) is 24.3 Å². The molecule has 6 nitrogen and oxygen atoms in total. The minimum Gasteiger partial charge on any atom is -0.493 e. The summed E-state index contributed by atoms with van der Waals surface area (Å²) < 4.78 is 16.1. The van der Waals surface area contributed by atoms with Crippen LogP contribution in [-0.4, -0.2) is 32.4 Å². The van der Waals surface area contributed by atoms with Gasteiger partial charge in [-0.25, -0.2) is 5.43 Å². The van der Waals surface area contributed by atoms with Crippen LogP contribution >= 0.6 is 11.6 Å². The summed E-state index contributed by atoms with van der Waals surface area (Å²) >= 11 is 6.14. The van der Waals surface area contributed by atoms with Crippen LogP contribution in [0.15, 0.2) is 54.2 Å². The number of nitrogens with zero attached hydrogens (tertiary/aromatic N) is 1. The number of nitrogens with one attached hydrogen (secondary N) is 1. The lowest BCUT2D eigenvalue weighted by molar-refractivity contribution is 0.0954. The maximum atomic E-state index is 12.3. The quantitative estimate of drug-likeness (QED) is 0.399. The Morgan fingerprint density at radius 3 is 2.63 bits per heavy atom. The van der Waals surface area contributed by atoms with Gasteiger partial charge in [-0.05, 0) is 48.9 Å². The highest BCUT2D eigenvalue weighted by Gasteiger charge is 2.10. The number of benzene rings is 2. The number of halogens is 1. The minimum atomic E-state index is -0.369. The number of hydrazone groups is 1. The molecule has 0 heterocycles. The van der Waals surface area contributed by atoms with Gasteiger partial charge in [0.2, 0.25) is 0 Å². The number of hydrogen-bond acceptors (Lipinski definition) is 5. The van der Waals surface area contributed by atoms with Crippen LogP contribution in [0.4, 0.5) is 0 Å². The normalized spacial score (nSPS) is 10.5. The summed E-state index contributed by atoms with van der Waals surface area (Å²) in [5.41, 5.74) is 3.59. The van der Waals surface area contributed by atoms with Crippen LogP contribution in [0, 0.1) is 0 Å². The number of hydrogen-bond donors (Lipinski definition) is 1. The molecule has 0 aromatic heterocycles. The molecule has 0 saturated carbocycles.